The lowest BCUT2D eigenvalue weighted by Crippen LogP contribution is -2.48. The first-order chi connectivity index (χ1) is 10.4. The smallest absolute Gasteiger partial charge is 0.321 e. The van der Waals surface area contributed by atoms with Crippen LogP contribution >= 0.6 is 15.9 Å². The second kappa shape index (κ2) is 8.75. The standard InChI is InChI=1S/C15H22BrN3O3/c1-5-17-15(21)18-14(20)10(2)19(3)9-11-8-12(16)6-7-13(11)22-4/h6-8,10H,5,9H2,1-4H3,(H2,17,18,20,21)/t10-/m0/s1. The van der Waals surface area contributed by atoms with E-state index in [2.05, 4.69) is 26.6 Å². The number of rotatable bonds is 6. The highest BCUT2D eigenvalue weighted by atomic mass is 79.9. The van der Waals surface area contributed by atoms with E-state index < -0.39 is 12.1 Å². The Balaban J connectivity index is 2.71. The van der Waals surface area contributed by atoms with Crippen LogP contribution in [0.1, 0.15) is 19.4 Å². The van der Waals surface area contributed by atoms with Gasteiger partial charge in [-0.05, 0) is 39.1 Å². The molecule has 0 spiro atoms. The summed E-state index contributed by atoms with van der Waals surface area (Å²) in [7, 11) is 3.43. The number of urea groups is 1. The van der Waals surface area contributed by atoms with Crippen LogP contribution in [0.3, 0.4) is 0 Å². The van der Waals surface area contributed by atoms with E-state index in [1.807, 2.05) is 30.1 Å². The molecule has 0 bridgehead atoms. The number of likely N-dealkylation sites (N-methyl/N-ethyl adjacent to an activating group) is 1. The van der Waals surface area contributed by atoms with Crippen molar-refractivity contribution in [3.63, 3.8) is 0 Å². The van der Waals surface area contributed by atoms with Crippen molar-refractivity contribution in [2.45, 2.75) is 26.4 Å². The monoisotopic (exact) mass is 371 g/mol. The van der Waals surface area contributed by atoms with Gasteiger partial charge >= 0.3 is 6.03 Å². The average Bonchev–Trinajstić information content (AvgIpc) is 2.46. The molecule has 0 saturated carbocycles. The number of benzene rings is 1. The molecule has 0 unspecified atom stereocenters. The van der Waals surface area contributed by atoms with Gasteiger partial charge in [-0.1, -0.05) is 15.9 Å². The Bertz CT molecular complexity index is 537. The largest absolute Gasteiger partial charge is 0.496 e. The zero-order valence-electron chi connectivity index (χ0n) is 13.3. The van der Waals surface area contributed by atoms with Gasteiger partial charge in [0.05, 0.1) is 13.2 Å². The van der Waals surface area contributed by atoms with E-state index in [4.69, 9.17) is 4.74 Å². The van der Waals surface area contributed by atoms with Crippen molar-refractivity contribution in [2.24, 2.45) is 0 Å². The maximum Gasteiger partial charge on any atom is 0.321 e. The second-order valence-corrected chi connectivity index (χ2v) is 5.81. The Morgan fingerprint density at radius 3 is 2.68 bits per heavy atom. The van der Waals surface area contributed by atoms with Crippen LogP contribution in [0, 0.1) is 0 Å². The van der Waals surface area contributed by atoms with E-state index >= 15 is 0 Å². The summed E-state index contributed by atoms with van der Waals surface area (Å²) in [5.74, 6) is 0.411. The number of halogens is 1. The molecular formula is C15H22BrN3O3. The fourth-order valence-corrected chi connectivity index (χ4v) is 2.31. The van der Waals surface area contributed by atoms with Crippen molar-refractivity contribution in [3.8, 4) is 5.75 Å². The molecular weight excluding hydrogens is 350 g/mol. The molecule has 0 aliphatic heterocycles. The SMILES string of the molecule is CCNC(=O)NC(=O)[C@H](C)N(C)Cc1cc(Br)ccc1OC. The number of methoxy groups -OCH3 is 1. The summed E-state index contributed by atoms with van der Waals surface area (Å²) in [6.45, 7) is 4.53. The lowest BCUT2D eigenvalue weighted by Gasteiger charge is -2.24. The number of hydrogen-bond acceptors (Lipinski definition) is 4. The molecule has 0 heterocycles. The Labute approximate surface area is 139 Å². The molecule has 0 fully saturated rings. The zero-order valence-corrected chi connectivity index (χ0v) is 14.9. The molecule has 1 aromatic carbocycles. The Morgan fingerprint density at radius 2 is 2.09 bits per heavy atom. The molecule has 0 saturated heterocycles. The third-order valence-corrected chi connectivity index (χ3v) is 3.77. The molecule has 0 aliphatic carbocycles. The maximum atomic E-state index is 12.0. The summed E-state index contributed by atoms with van der Waals surface area (Å²) < 4.78 is 6.27. The van der Waals surface area contributed by atoms with Gasteiger partial charge < -0.3 is 10.1 Å². The molecule has 7 heteroatoms. The van der Waals surface area contributed by atoms with Crippen molar-refractivity contribution < 1.29 is 14.3 Å². The quantitative estimate of drug-likeness (QED) is 0.803. The van der Waals surface area contributed by atoms with E-state index in [1.54, 1.807) is 21.0 Å². The number of imide groups is 1. The summed E-state index contributed by atoms with van der Waals surface area (Å²) in [5.41, 5.74) is 0.956. The van der Waals surface area contributed by atoms with Crippen molar-refractivity contribution in [3.05, 3.63) is 28.2 Å². The van der Waals surface area contributed by atoms with Gasteiger partial charge in [-0.2, -0.15) is 0 Å². The van der Waals surface area contributed by atoms with Gasteiger partial charge in [0.1, 0.15) is 5.75 Å². The van der Waals surface area contributed by atoms with Crippen LogP contribution in [0.15, 0.2) is 22.7 Å². The highest BCUT2D eigenvalue weighted by Gasteiger charge is 2.21. The summed E-state index contributed by atoms with van der Waals surface area (Å²) >= 11 is 3.43. The number of nitrogens with zero attached hydrogens (tertiary/aromatic N) is 1. The minimum atomic E-state index is -0.479. The predicted octanol–water partition coefficient (Wildman–Crippen LogP) is 2.12. The van der Waals surface area contributed by atoms with Gasteiger partial charge in [0, 0.05) is 23.1 Å². The Hall–Kier alpha value is -1.60. The number of carbonyl (C=O) groups excluding carboxylic acids is 2. The second-order valence-electron chi connectivity index (χ2n) is 4.90. The van der Waals surface area contributed by atoms with Crippen LogP contribution in [0.25, 0.3) is 0 Å². The fourth-order valence-electron chi connectivity index (χ4n) is 1.90. The van der Waals surface area contributed by atoms with Crippen LogP contribution in [0.4, 0.5) is 4.79 Å². The zero-order chi connectivity index (χ0) is 16.7. The van der Waals surface area contributed by atoms with Crippen LogP contribution < -0.4 is 15.4 Å². The van der Waals surface area contributed by atoms with E-state index in [0.717, 1.165) is 15.8 Å². The Morgan fingerprint density at radius 1 is 1.41 bits per heavy atom. The van der Waals surface area contributed by atoms with Gasteiger partial charge in [0.25, 0.3) is 0 Å². The highest BCUT2D eigenvalue weighted by molar-refractivity contribution is 9.10. The summed E-state index contributed by atoms with van der Waals surface area (Å²) in [6, 6.07) is 4.78. The van der Waals surface area contributed by atoms with Gasteiger partial charge in [-0.15, -0.1) is 0 Å². The summed E-state index contributed by atoms with van der Waals surface area (Å²) in [4.78, 5) is 25.3. The van der Waals surface area contributed by atoms with Crippen molar-refractivity contribution in [2.75, 3.05) is 20.7 Å². The molecule has 0 radical (unpaired) electrons. The number of nitrogens with one attached hydrogen (secondary N) is 2. The molecule has 122 valence electrons. The predicted molar refractivity (Wildman–Crippen MR) is 88.8 cm³/mol. The molecule has 1 atom stereocenters. The number of carbonyl (C=O) groups is 2. The van der Waals surface area contributed by atoms with Crippen molar-refractivity contribution in [1.29, 1.82) is 0 Å². The molecule has 22 heavy (non-hydrogen) atoms. The number of ether oxygens (including phenoxy) is 1. The van der Waals surface area contributed by atoms with Crippen molar-refractivity contribution >= 4 is 27.9 Å². The lowest BCUT2D eigenvalue weighted by molar-refractivity contribution is -0.124. The van der Waals surface area contributed by atoms with E-state index in [9.17, 15) is 9.59 Å². The molecule has 0 aromatic heterocycles. The lowest BCUT2D eigenvalue weighted by atomic mass is 10.1. The third-order valence-electron chi connectivity index (χ3n) is 3.28. The maximum absolute atomic E-state index is 12.0. The van der Waals surface area contributed by atoms with Crippen LogP contribution in [-0.4, -0.2) is 43.6 Å². The molecule has 1 rings (SSSR count). The topological polar surface area (TPSA) is 70.7 Å². The van der Waals surface area contributed by atoms with Crippen LogP contribution in [0.2, 0.25) is 0 Å². The third kappa shape index (κ3) is 5.31. The normalized spacial score (nSPS) is 11.9. The summed E-state index contributed by atoms with van der Waals surface area (Å²) in [5, 5.41) is 4.85. The van der Waals surface area contributed by atoms with Gasteiger partial charge in [0.15, 0.2) is 0 Å². The van der Waals surface area contributed by atoms with Gasteiger partial charge in [-0.3, -0.25) is 15.0 Å². The van der Waals surface area contributed by atoms with Gasteiger partial charge in [-0.25, -0.2) is 4.79 Å². The minimum absolute atomic E-state index is 0.345. The van der Waals surface area contributed by atoms with E-state index in [-0.39, 0.29) is 5.91 Å². The Kier molecular flexibility index (Phi) is 7.34. The van der Waals surface area contributed by atoms with E-state index in [1.165, 1.54) is 0 Å². The molecule has 2 N–H and O–H groups in total. The molecule has 1 aromatic rings. The van der Waals surface area contributed by atoms with Crippen molar-refractivity contribution in [1.82, 2.24) is 15.5 Å². The highest BCUT2D eigenvalue weighted by Crippen LogP contribution is 2.24. The summed E-state index contributed by atoms with van der Waals surface area (Å²) in [6.07, 6.45) is 0. The molecule has 0 aliphatic rings. The molecule has 6 nitrogen and oxygen atoms in total. The average molecular weight is 372 g/mol. The first-order valence-electron chi connectivity index (χ1n) is 7.00. The molecule has 3 amide bonds. The van der Waals surface area contributed by atoms with Crippen LogP contribution in [0.5, 0.6) is 5.75 Å². The minimum Gasteiger partial charge on any atom is -0.496 e. The van der Waals surface area contributed by atoms with Crippen LogP contribution in [-0.2, 0) is 11.3 Å². The van der Waals surface area contributed by atoms with Gasteiger partial charge in [0.2, 0.25) is 5.91 Å². The first kappa shape index (κ1) is 18.4. The number of amides is 3. The number of hydrogen-bond donors (Lipinski definition) is 2. The fraction of sp³-hybridized carbons (Fsp3) is 0.467. The first-order valence-corrected chi connectivity index (χ1v) is 7.79. The van der Waals surface area contributed by atoms with E-state index in [0.29, 0.717) is 13.1 Å².